The molecule has 220 valence electrons. The van der Waals surface area contributed by atoms with Gasteiger partial charge in [0.2, 0.25) is 5.91 Å². The van der Waals surface area contributed by atoms with Crippen LogP contribution in [0.15, 0.2) is 78.4 Å². The average molecular weight is 562 g/mol. The molecule has 1 aliphatic carbocycles. The third-order valence-electron chi connectivity index (χ3n) is 8.15. The Morgan fingerprint density at radius 1 is 0.952 bits per heavy atom. The van der Waals surface area contributed by atoms with Crippen LogP contribution < -0.4 is 5.32 Å². The second kappa shape index (κ2) is 15.4. The van der Waals surface area contributed by atoms with E-state index in [0.29, 0.717) is 18.2 Å². The topological polar surface area (TPSA) is 54.9 Å². The number of aromatic nitrogens is 2. The highest BCUT2D eigenvalue weighted by atomic mass is 16.1. The Bertz CT molecular complexity index is 1520. The van der Waals surface area contributed by atoms with Gasteiger partial charge in [0.25, 0.3) is 0 Å². The maximum atomic E-state index is 13.3. The highest BCUT2D eigenvalue weighted by molar-refractivity contribution is 5.93. The minimum atomic E-state index is -0.0480. The molecule has 0 bridgehead atoms. The first-order valence-electron chi connectivity index (χ1n) is 15.9. The number of allylic oxidation sites excluding steroid dienone is 2. The Balaban J connectivity index is 0.00000198. The highest BCUT2D eigenvalue weighted by Crippen LogP contribution is 2.34. The predicted molar refractivity (Wildman–Crippen MR) is 178 cm³/mol. The summed E-state index contributed by atoms with van der Waals surface area (Å²) in [5.74, 6) is 1.07. The number of hydrogen-bond donors (Lipinski definition) is 1. The van der Waals surface area contributed by atoms with Crippen molar-refractivity contribution in [3.8, 4) is 11.3 Å². The van der Waals surface area contributed by atoms with Crippen molar-refractivity contribution in [2.24, 2.45) is 5.92 Å². The molecular formula is C38H47N3O. The lowest BCUT2D eigenvalue weighted by molar-refractivity contribution is -0.115. The SMILES string of the molecule is CC.CCC/C(C)=C\CCC(CC)Cc1nc2c(nc1NC(=O)Cc1ccc3ccccc3c1)CCc1ccccc1-2. The van der Waals surface area contributed by atoms with E-state index in [0.717, 1.165) is 66.6 Å². The minimum absolute atomic E-state index is 0.0480. The van der Waals surface area contributed by atoms with Gasteiger partial charge in [-0.3, -0.25) is 4.79 Å². The molecule has 4 nitrogen and oxygen atoms in total. The van der Waals surface area contributed by atoms with Crippen molar-refractivity contribution in [3.63, 3.8) is 0 Å². The summed E-state index contributed by atoms with van der Waals surface area (Å²) in [4.78, 5) is 23.6. The number of anilines is 1. The molecular weight excluding hydrogens is 514 g/mol. The summed E-state index contributed by atoms with van der Waals surface area (Å²) in [6.45, 7) is 10.7. The lowest BCUT2D eigenvalue weighted by atomic mass is 9.90. The van der Waals surface area contributed by atoms with E-state index in [1.807, 2.05) is 32.0 Å². The summed E-state index contributed by atoms with van der Waals surface area (Å²) < 4.78 is 0. The summed E-state index contributed by atoms with van der Waals surface area (Å²) in [5.41, 5.74) is 7.85. The molecule has 1 heterocycles. The van der Waals surface area contributed by atoms with Crippen molar-refractivity contribution >= 4 is 22.5 Å². The monoisotopic (exact) mass is 561 g/mol. The lowest BCUT2D eigenvalue weighted by Gasteiger charge is -2.22. The van der Waals surface area contributed by atoms with Gasteiger partial charge in [-0.25, -0.2) is 9.97 Å². The molecule has 0 saturated carbocycles. The van der Waals surface area contributed by atoms with E-state index in [9.17, 15) is 4.79 Å². The van der Waals surface area contributed by atoms with Crippen LogP contribution in [0.5, 0.6) is 0 Å². The molecule has 0 fully saturated rings. The number of rotatable bonds is 11. The van der Waals surface area contributed by atoms with Gasteiger partial charge in [-0.05, 0) is 73.3 Å². The summed E-state index contributed by atoms with van der Waals surface area (Å²) in [6, 6.07) is 23.0. The van der Waals surface area contributed by atoms with E-state index in [1.165, 1.54) is 34.9 Å². The fourth-order valence-corrected chi connectivity index (χ4v) is 5.86. The van der Waals surface area contributed by atoms with Gasteiger partial charge in [-0.1, -0.05) is 119 Å². The zero-order chi connectivity index (χ0) is 29.9. The van der Waals surface area contributed by atoms with Crippen molar-refractivity contribution in [1.82, 2.24) is 9.97 Å². The summed E-state index contributed by atoms with van der Waals surface area (Å²) in [7, 11) is 0. The first kappa shape index (κ1) is 31.2. The Hall–Kier alpha value is -3.79. The zero-order valence-corrected chi connectivity index (χ0v) is 26.2. The molecule has 3 aromatic carbocycles. The van der Waals surface area contributed by atoms with E-state index in [2.05, 4.69) is 80.7 Å². The molecule has 5 rings (SSSR count). The molecule has 4 aromatic rings. The van der Waals surface area contributed by atoms with Gasteiger partial charge in [-0.15, -0.1) is 0 Å². The first-order valence-corrected chi connectivity index (χ1v) is 15.9. The van der Waals surface area contributed by atoms with Crippen molar-refractivity contribution in [2.75, 3.05) is 5.32 Å². The Morgan fingerprint density at radius 3 is 2.50 bits per heavy atom. The molecule has 42 heavy (non-hydrogen) atoms. The van der Waals surface area contributed by atoms with E-state index >= 15 is 0 Å². The van der Waals surface area contributed by atoms with Crippen LogP contribution in [0.25, 0.3) is 22.0 Å². The Kier molecular flexibility index (Phi) is 11.5. The van der Waals surface area contributed by atoms with Crippen LogP contribution in [0, 0.1) is 5.92 Å². The number of benzene rings is 3. The van der Waals surface area contributed by atoms with Gasteiger partial charge in [0.15, 0.2) is 5.82 Å². The van der Waals surface area contributed by atoms with Crippen molar-refractivity contribution in [2.45, 2.75) is 92.4 Å². The van der Waals surface area contributed by atoms with Crippen LogP contribution in [0.3, 0.4) is 0 Å². The molecule has 0 radical (unpaired) electrons. The molecule has 1 unspecified atom stereocenters. The predicted octanol–water partition coefficient (Wildman–Crippen LogP) is 9.70. The summed E-state index contributed by atoms with van der Waals surface area (Å²) in [6.07, 6.45) is 10.9. The van der Waals surface area contributed by atoms with Gasteiger partial charge < -0.3 is 5.32 Å². The lowest BCUT2D eigenvalue weighted by Crippen LogP contribution is -2.21. The maximum absolute atomic E-state index is 13.3. The summed E-state index contributed by atoms with van der Waals surface area (Å²) in [5, 5.41) is 5.51. The van der Waals surface area contributed by atoms with Crippen LogP contribution in [0.2, 0.25) is 0 Å². The van der Waals surface area contributed by atoms with Crippen molar-refractivity contribution in [3.05, 3.63) is 101 Å². The van der Waals surface area contributed by atoms with Gasteiger partial charge in [0.05, 0.1) is 23.5 Å². The first-order chi connectivity index (χ1) is 20.5. The number of aryl methyl sites for hydroxylation is 2. The van der Waals surface area contributed by atoms with E-state index in [4.69, 9.17) is 9.97 Å². The molecule has 4 heteroatoms. The zero-order valence-electron chi connectivity index (χ0n) is 26.2. The second-order valence-electron chi connectivity index (χ2n) is 11.2. The van der Waals surface area contributed by atoms with Crippen LogP contribution in [-0.2, 0) is 30.5 Å². The Labute approximate surface area is 252 Å². The Morgan fingerprint density at radius 2 is 1.71 bits per heavy atom. The molecule has 1 atom stereocenters. The van der Waals surface area contributed by atoms with Gasteiger partial charge >= 0.3 is 0 Å². The quantitative estimate of drug-likeness (QED) is 0.185. The molecule has 1 aromatic heterocycles. The summed E-state index contributed by atoms with van der Waals surface area (Å²) >= 11 is 0. The number of nitrogens with zero attached hydrogens (tertiary/aromatic N) is 2. The molecule has 1 N–H and O–H groups in total. The average Bonchev–Trinajstić information content (AvgIpc) is 3.01. The van der Waals surface area contributed by atoms with Gasteiger partial charge in [0, 0.05) is 5.56 Å². The smallest absolute Gasteiger partial charge is 0.229 e. The van der Waals surface area contributed by atoms with Gasteiger partial charge in [0.1, 0.15) is 0 Å². The minimum Gasteiger partial charge on any atom is -0.309 e. The fraction of sp³-hybridized carbons (Fsp3) is 0.395. The third-order valence-corrected chi connectivity index (χ3v) is 8.15. The molecule has 0 saturated heterocycles. The van der Waals surface area contributed by atoms with Crippen LogP contribution >= 0.6 is 0 Å². The normalized spacial score (nSPS) is 13.0. The van der Waals surface area contributed by atoms with Crippen LogP contribution in [0.4, 0.5) is 5.82 Å². The molecule has 0 spiro atoms. The van der Waals surface area contributed by atoms with Crippen LogP contribution in [0.1, 0.15) is 89.2 Å². The van der Waals surface area contributed by atoms with Crippen LogP contribution in [-0.4, -0.2) is 15.9 Å². The van der Waals surface area contributed by atoms with Gasteiger partial charge in [-0.2, -0.15) is 0 Å². The maximum Gasteiger partial charge on any atom is 0.229 e. The number of hydrogen-bond acceptors (Lipinski definition) is 3. The number of carbonyl (C=O) groups is 1. The largest absolute Gasteiger partial charge is 0.309 e. The molecule has 1 aliphatic rings. The van der Waals surface area contributed by atoms with E-state index in [1.54, 1.807) is 0 Å². The highest BCUT2D eigenvalue weighted by Gasteiger charge is 2.23. The third kappa shape index (κ3) is 7.94. The molecule has 1 amide bonds. The standard InChI is InChI=1S/C36H41N3O.C2H6/c1-4-11-25(3)12-10-13-26(5-2)23-33-36(38-32-21-20-29-15-8-9-17-31(29)35(32)37-33)39-34(40)24-27-18-19-28-14-6-7-16-30(28)22-27;1-2/h6-9,12,14-19,22,26H,4-5,10-11,13,20-21,23-24H2,1-3H3,(H,38,39,40);1-2H3/b25-12-;. The van der Waals surface area contributed by atoms with E-state index in [-0.39, 0.29) is 5.91 Å². The van der Waals surface area contributed by atoms with Crippen molar-refractivity contribution in [1.29, 1.82) is 0 Å². The van der Waals surface area contributed by atoms with Crippen molar-refractivity contribution < 1.29 is 4.79 Å². The number of amides is 1. The second-order valence-corrected chi connectivity index (χ2v) is 11.2. The number of carbonyl (C=O) groups excluding carboxylic acids is 1. The molecule has 0 aliphatic heterocycles. The number of nitrogens with one attached hydrogen (secondary N) is 1. The van der Waals surface area contributed by atoms with E-state index < -0.39 is 0 Å². The number of fused-ring (bicyclic) bond motifs is 4. The fourth-order valence-electron chi connectivity index (χ4n) is 5.86.